The molecule has 4 rings (SSSR count). The van der Waals surface area contributed by atoms with Gasteiger partial charge >= 0.3 is 5.97 Å². The number of hydrogen-bond donors (Lipinski definition) is 0. The zero-order chi connectivity index (χ0) is 21.1. The van der Waals surface area contributed by atoms with Crippen molar-refractivity contribution in [3.8, 4) is 0 Å². The van der Waals surface area contributed by atoms with E-state index in [9.17, 15) is 9.59 Å². The third-order valence-electron chi connectivity index (χ3n) is 4.49. The summed E-state index contributed by atoms with van der Waals surface area (Å²) in [4.78, 5) is 34.3. The summed E-state index contributed by atoms with van der Waals surface area (Å²) in [5.74, 6) is 0.246. The summed E-state index contributed by atoms with van der Waals surface area (Å²) in [6, 6.07) is 10.9. The Morgan fingerprint density at radius 1 is 1.17 bits per heavy atom. The normalized spacial score (nSPS) is 12.0. The van der Waals surface area contributed by atoms with Gasteiger partial charge in [0.05, 0.1) is 38.1 Å². The third kappa shape index (κ3) is 4.19. The van der Waals surface area contributed by atoms with Gasteiger partial charge in [0, 0.05) is 17.9 Å². The maximum Gasteiger partial charge on any atom is 0.338 e. The second-order valence-electron chi connectivity index (χ2n) is 6.38. The van der Waals surface area contributed by atoms with Gasteiger partial charge < -0.3 is 9.30 Å². The first-order chi connectivity index (χ1) is 14.6. The molecule has 6 nitrogen and oxygen atoms in total. The van der Waals surface area contributed by atoms with Gasteiger partial charge in [-0.15, -0.1) is 11.3 Å². The standard InChI is InChI=1S/C21H19N3O3S3/c1-3-27-20(26)14-5-7-16-18(11-14)30-21(24(16)8-9-28-2)23-19(25)13-4-6-15-17(10-13)29-12-22-15/h4-7,10-12H,3,8-9H2,1-2H3. The Morgan fingerprint density at radius 3 is 2.77 bits per heavy atom. The minimum Gasteiger partial charge on any atom is -0.462 e. The number of ether oxygens (including phenoxy) is 1. The summed E-state index contributed by atoms with van der Waals surface area (Å²) in [7, 11) is 0. The van der Waals surface area contributed by atoms with Gasteiger partial charge in [-0.1, -0.05) is 11.3 Å². The Kier molecular flexibility index (Phi) is 6.31. The van der Waals surface area contributed by atoms with E-state index in [1.165, 1.54) is 22.7 Å². The average molecular weight is 458 g/mol. The molecule has 0 saturated heterocycles. The van der Waals surface area contributed by atoms with Crippen LogP contribution in [0.2, 0.25) is 0 Å². The number of carbonyl (C=O) groups is 2. The summed E-state index contributed by atoms with van der Waals surface area (Å²) in [5, 5.41) is 0. The Bertz CT molecular complexity index is 1300. The first kappa shape index (κ1) is 20.8. The predicted octanol–water partition coefficient (Wildman–Crippen LogP) is 4.59. The smallest absolute Gasteiger partial charge is 0.338 e. The Balaban J connectivity index is 1.78. The highest BCUT2D eigenvalue weighted by atomic mass is 32.2. The summed E-state index contributed by atoms with van der Waals surface area (Å²) in [6.07, 6.45) is 2.04. The predicted molar refractivity (Wildman–Crippen MR) is 124 cm³/mol. The molecule has 0 aliphatic heterocycles. The molecule has 0 aliphatic carbocycles. The maximum absolute atomic E-state index is 12.9. The quantitative estimate of drug-likeness (QED) is 0.396. The molecule has 154 valence electrons. The van der Waals surface area contributed by atoms with Crippen LogP contribution in [0.5, 0.6) is 0 Å². The number of benzene rings is 2. The van der Waals surface area contributed by atoms with Crippen LogP contribution in [0.3, 0.4) is 0 Å². The summed E-state index contributed by atoms with van der Waals surface area (Å²) in [6.45, 7) is 2.83. The van der Waals surface area contributed by atoms with Gasteiger partial charge in [-0.2, -0.15) is 16.8 Å². The summed E-state index contributed by atoms with van der Waals surface area (Å²) >= 11 is 4.63. The minimum atomic E-state index is -0.351. The van der Waals surface area contributed by atoms with E-state index in [4.69, 9.17) is 4.74 Å². The van der Waals surface area contributed by atoms with E-state index in [2.05, 4.69) is 9.98 Å². The summed E-state index contributed by atoms with van der Waals surface area (Å²) < 4.78 is 8.99. The lowest BCUT2D eigenvalue weighted by Gasteiger charge is -2.05. The van der Waals surface area contributed by atoms with Gasteiger partial charge in [-0.3, -0.25) is 4.79 Å². The zero-order valence-corrected chi connectivity index (χ0v) is 18.9. The zero-order valence-electron chi connectivity index (χ0n) is 16.5. The molecule has 0 saturated carbocycles. The molecule has 0 fully saturated rings. The number of aromatic nitrogens is 2. The molecule has 30 heavy (non-hydrogen) atoms. The number of thiazole rings is 2. The molecule has 2 aromatic heterocycles. The molecule has 2 heterocycles. The van der Waals surface area contributed by atoms with Crippen molar-refractivity contribution in [2.75, 3.05) is 18.6 Å². The fourth-order valence-corrected chi connectivity index (χ4v) is 5.21. The molecule has 0 bridgehead atoms. The van der Waals surface area contributed by atoms with Crippen LogP contribution >= 0.6 is 34.4 Å². The number of thioether (sulfide) groups is 1. The molecule has 0 unspecified atom stereocenters. The van der Waals surface area contributed by atoms with Gasteiger partial charge in [0.2, 0.25) is 0 Å². The van der Waals surface area contributed by atoms with E-state index in [0.29, 0.717) is 22.5 Å². The van der Waals surface area contributed by atoms with E-state index in [1.807, 2.05) is 29.0 Å². The van der Waals surface area contributed by atoms with Crippen LogP contribution in [0.1, 0.15) is 27.6 Å². The van der Waals surface area contributed by atoms with Crippen LogP contribution in [-0.2, 0) is 11.3 Å². The number of hydrogen-bond acceptors (Lipinski definition) is 7. The molecule has 9 heteroatoms. The molecule has 4 aromatic rings. The van der Waals surface area contributed by atoms with E-state index in [0.717, 1.165) is 32.7 Å². The number of esters is 1. The van der Waals surface area contributed by atoms with E-state index >= 15 is 0 Å². The van der Waals surface area contributed by atoms with Gasteiger partial charge in [0.15, 0.2) is 4.80 Å². The first-order valence-electron chi connectivity index (χ1n) is 9.32. The van der Waals surface area contributed by atoms with Gasteiger partial charge in [-0.25, -0.2) is 9.78 Å². The molecule has 2 aromatic carbocycles. The molecule has 0 N–H and O–H groups in total. The first-order valence-corrected chi connectivity index (χ1v) is 12.4. The topological polar surface area (TPSA) is 73.6 Å². The molecular formula is C21H19N3O3S3. The van der Waals surface area contributed by atoms with Crippen LogP contribution in [0.15, 0.2) is 46.9 Å². The molecule has 0 radical (unpaired) electrons. The van der Waals surface area contributed by atoms with Crippen molar-refractivity contribution in [3.05, 3.63) is 57.8 Å². The van der Waals surface area contributed by atoms with Gasteiger partial charge in [-0.05, 0) is 49.6 Å². The van der Waals surface area contributed by atoms with Crippen molar-refractivity contribution in [3.63, 3.8) is 0 Å². The molecular weight excluding hydrogens is 438 g/mol. The number of rotatable bonds is 6. The van der Waals surface area contributed by atoms with Gasteiger partial charge in [0.1, 0.15) is 0 Å². The summed E-state index contributed by atoms with van der Waals surface area (Å²) in [5.41, 5.74) is 4.62. The van der Waals surface area contributed by atoms with Crippen molar-refractivity contribution < 1.29 is 14.3 Å². The fraction of sp³-hybridized carbons (Fsp3) is 0.238. The molecule has 1 amide bonds. The van der Waals surface area contributed by atoms with Crippen molar-refractivity contribution in [2.24, 2.45) is 4.99 Å². The van der Waals surface area contributed by atoms with Crippen LogP contribution in [0.4, 0.5) is 0 Å². The number of nitrogens with zero attached hydrogens (tertiary/aromatic N) is 3. The highest BCUT2D eigenvalue weighted by molar-refractivity contribution is 7.98. The second kappa shape index (κ2) is 9.11. The highest BCUT2D eigenvalue weighted by Crippen LogP contribution is 2.22. The molecule has 0 aliphatic rings. The van der Waals surface area contributed by atoms with Crippen LogP contribution in [-0.4, -0.2) is 40.0 Å². The van der Waals surface area contributed by atoms with E-state index in [1.54, 1.807) is 42.4 Å². The van der Waals surface area contributed by atoms with E-state index in [-0.39, 0.29) is 11.9 Å². The monoisotopic (exact) mass is 457 g/mol. The fourth-order valence-electron chi connectivity index (χ4n) is 3.04. The number of aryl methyl sites for hydroxylation is 1. The molecule has 0 spiro atoms. The van der Waals surface area contributed by atoms with Crippen molar-refractivity contribution in [1.82, 2.24) is 9.55 Å². The van der Waals surface area contributed by atoms with Crippen LogP contribution in [0.25, 0.3) is 20.4 Å². The lowest BCUT2D eigenvalue weighted by Crippen LogP contribution is -2.18. The highest BCUT2D eigenvalue weighted by Gasteiger charge is 2.13. The molecule has 0 atom stereocenters. The van der Waals surface area contributed by atoms with Crippen molar-refractivity contribution in [1.29, 1.82) is 0 Å². The number of carbonyl (C=O) groups excluding carboxylic acids is 2. The van der Waals surface area contributed by atoms with Crippen LogP contribution < -0.4 is 4.80 Å². The second-order valence-corrected chi connectivity index (χ2v) is 9.26. The Hall–Kier alpha value is -2.49. The minimum absolute atomic E-state index is 0.291. The maximum atomic E-state index is 12.9. The van der Waals surface area contributed by atoms with Gasteiger partial charge in [0.25, 0.3) is 5.91 Å². The third-order valence-corrected chi connectivity index (χ3v) is 6.91. The lowest BCUT2D eigenvalue weighted by atomic mass is 10.2. The lowest BCUT2D eigenvalue weighted by molar-refractivity contribution is 0.0526. The average Bonchev–Trinajstić information content (AvgIpc) is 3.35. The number of amides is 1. The van der Waals surface area contributed by atoms with Crippen molar-refractivity contribution >= 4 is 66.7 Å². The van der Waals surface area contributed by atoms with Crippen LogP contribution in [0, 0.1) is 0 Å². The largest absolute Gasteiger partial charge is 0.462 e. The Morgan fingerprint density at radius 2 is 1.97 bits per heavy atom. The Labute approximate surface area is 185 Å². The number of fused-ring (bicyclic) bond motifs is 2. The van der Waals surface area contributed by atoms with Crippen molar-refractivity contribution in [2.45, 2.75) is 13.5 Å². The SMILES string of the molecule is CCOC(=O)c1ccc2c(c1)sc(=NC(=O)c1ccc3ncsc3c1)n2CCSC. The van der Waals surface area contributed by atoms with E-state index < -0.39 is 0 Å².